The van der Waals surface area contributed by atoms with Gasteiger partial charge in [0.1, 0.15) is 12.5 Å². The Morgan fingerprint density at radius 2 is 1.73 bits per heavy atom. The van der Waals surface area contributed by atoms with Gasteiger partial charge in [-0.05, 0) is 19.8 Å². The van der Waals surface area contributed by atoms with Crippen molar-refractivity contribution in [2.75, 3.05) is 0 Å². The standard InChI is InChI=1S/C9H16Cl3N3/c1-6(2)8-14(9(10,11)12)5-13-15(8)7(3)4/h5-8H,1-4H3. The van der Waals surface area contributed by atoms with Crippen LogP contribution in [0.4, 0.5) is 0 Å². The van der Waals surface area contributed by atoms with Gasteiger partial charge in [0.25, 0.3) is 3.92 Å². The van der Waals surface area contributed by atoms with Crippen molar-refractivity contribution in [1.29, 1.82) is 0 Å². The van der Waals surface area contributed by atoms with E-state index in [1.54, 1.807) is 11.2 Å². The largest absolute Gasteiger partial charge is 0.294 e. The highest BCUT2D eigenvalue weighted by molar-refractivity contribution is 6.67. The molecule has 0 aromatic carbocycles. The van der Waals surface area contributed by atoms with Crippen LogP contribution in [-0.4, -0.2) is 32.4 Å². The van der Waals surface area contributed by atoms with E-state index in [0.29, 0.717) is 5.92 Å². The van der Waals surface area contributed by atoms with Crippen LogP contribution in [0.3, 0.4) is 0 Å². The zero-order chi connectivity index (χ0) is 11.8. The summed E-state index contributed by atoms with van der Waals surface area (Å²) in [6, 6.07) is 0.283. The molecule has 88 valence electrons. The summed E-state index contributed by atoms with van der Waals surface area (Å²) in [7, 11) is 0. The van der Waals surface area contributed by atoms with E-state index in [0.717, 1.165) is 0 Å². The number of rotatable bonds is 2. The molecule has 1 atom stereocenters. The normalized spacial score (nSPS) is 22.3. The van der Waals surface area contributed by atoms with Crippen molar-refractivity contribution < 1.29 is 0 Å². The second-order valence-electron chi connectivity index (χ2n) is 4.24. The second-order valence-corrected chi connectivity index (χ2v) is 6.46. The maximum absolute atomic E-state index is 5.89. The summed E-state index contributed by atoms with van der Waals surface area (Å²) in [6.45, 7) is 8.29. The predicted molar refractivity (Wildman–Crippen MR) is 66.2 cm³/mol. The Labute approximate surface area is 106 Å². The number of hydrogen-bond acceptors (Lipinski definition) is 3. The molecule has 0 aromatic heterocycles. The van der Waals surface area contributed by atoms with E-state index < -0.39 is 3.92 Å². The van der Waals surface area contributed by atoms with Crippen LogP contribution in [0, 0.1) is 5.92 Å². The summed E-state index contributed by atoms with van der Waals surface area (Å²) in [4.78, 5) is 1.66. The van der Waals surface area contributed by atoms with E-state index in [-0.39, 0.29) is 12.2 Å². The highest BCUT2D eigenvalue weighted by Crippen LogP contribution is 2.37. The van der Waals surface area contributed by atoms with Crippen LogP contribution in [0.5, 0.6) is 0 Å². The molecule has 0 saturated heterocycles. The lowest BCUT2D eigenvalue weighted by atomic mass is 10.1. The fourth-order valence-corrected chi connectivity index (χ4v) is 2.09. The summed E-state index contributed by atoms with van der Waals surface area (Å²) >= 11 is 17.7. The first-order valence-electron chi connectivity index (χ1n) is 4.92. The minimum Gasteiger partial charge on any atom is -0.294 e. The van der Waals surface area contributed by atoms with E-state index in [1.165, 1.54) is 0 Å². The first-order valence-corrected chi connectivity index (χ1v) is 6.06. The Morgan fingerprint density at radius 1 is 1.20 bits per heavy atom. The average Bonchev–Trinajstić information content (AvgIpc) is 2.45. The molecule has 0 fully saturated rings. The molecule has 0 saturated carbocycles. The average molecular weight is 273 g/mol. The van der Waals surface area contributed by atoms with Crippen molar-refractivity contribution in [3.05, 3.63) is 0 Å². The minimum absolute atomic E-state index is 0.00231. The van der Waals surface area contributed by atoms with Crippen molar-refractivity contribution in [1.82, 2.24) is 9.91 Å². The lowest BCUT2D eigenvalue weighted by Crippen LogP contribution is -2.50. The van der Waals surface area contributed by atoms with Gasteiger partial charge in [-0.15, -0.1) is 0 Å². The van der Waals surface area contributed by atoms with Crippen LogP contribution in [0.2, 0.25) is 0 Å². The molecular weight excluding hydrogens is 256 g/mol. The van der Waals surface area contributed by atoms with Crippen molar-refractivity contribution in [2.24, 2.45) is 11.0 Å². The van der Waals surface area contributed by atoms with Gasteiger partial charge in [-0.25, -0.2) is 0 Å². The van der Waals surface area contributed by atoms with Gasteiger partial charge < -0.3 is 0 Å². The van der Waals surface area contributed by atoms with Crippen molar-refractivity contribution in [3.8, 4) is 0 Å². The van der Waals surface area contributed by atoms with Crippen LogP contribution in [0.25, 0.3) is 0 Å². The molecule has 15 heavy (non-hydrogen) atoms. The Balaban J connectivity index is 2.90. The Bertz CT molecular complexity index is 247. The van der Waals surface area contributed by atoms with Gasteiger partial charge in [0.2, 0.25) is 0 Å². The summed E-state index contributed by atoms with van der Waals surface area (Å²) in [6.07, 6.45) is 1.59. The molecule has 6 heteroatoms. The summed E-state index contributed by atoms with van der Waals surface area (Å²) < 4.78 is -1.44. The Kier molecular flexibility index (Phi) is 4.01. The first kappa shape index (κ1) is 13.2. The third kappa shape index (κ3) is 2.83. The Morgan fingerprint density at radius 3 is 2.07 bits per heavy atom. The molecule has 0 radical (unpaired) electrons. The van der Waals surface area contributed by atoms with E-state index in [2.05, 4.69) is 32.8 Å². The summed E-state index contributed by atoms with van der Waals surface area (Å²) in [5.41, 5.74) is 0. The smallest absolute Gasteiger partial charge is 0.270 e. The highest BCUT2D eigenvalue weighted by Gasteiger charge is 2.42. The maximum Gasteiger partial charge on any atom is 0.270 e. The van der Waals surface area contributed by atoms with Gasteiger partial charge in [0.15, 0.2) is 0 Å². The van der Waals surface area contributed by atoms with Gasteiger partial charge in [-0.2, -0.15) is 5.10 Å². The second kappa shape index (κ2) is 4.56. The molecule has 0 aromatic rings. The third-order valence-electron chi connectivity index (χ3n) is 2.28. The molecule has 1 unspecified atom stereocenters. The van der Waals surface area contributed by atoms with Crippen molar-refractivity contribution in [3.63, 3.8) is 0 Å². The minimum atomic E-state index is -1.44. The zero-order valence-corrected chi connectivity index (χ0v) is 11.6. The number of hydrogen-bond donors (Lipinski definition) is 0. The fraction of sp³-hybridized carbons (Fsp3) is 0.889. The van der Waals surface area contributed by atoms with Crippen LogP contribution in [-0.2, 0) is 0 Å². The molecule has 0 bridgehead atoms. The van der Waals surface area contributed by atoms with E-state index in [4.69, 9.17) is 34.8 Å². The Hall–Kier alpha value is 0.140. The van der Waals surface area contributed by atoms with Crippen LogP contribution < -0.4 is 0 Å². The van der Waals surface area contributed by atoms with Crippen molar-refractivity contribution in [2.45, 2.75) is 43.8 Å². The first-order chi connectivity index (χ1) is 6.75. The number of alkyl halides is 3. The number of hydrazone groups is 1. The van der Waals surface area contributed by atoms with Crippen LogP contribution in [0.15, 0.2) is 5.10 Å². The molecular formula is C9H16Cl3N3. The van der Waals surface area contributed by atoms with E-state index >= 15 is 0 Å². The molecule has 0 N–H and O–H groups in total. The predicted octanol–water partition coefficient (Wildman–Crippen LogP) is 3.27. The quantitative estimate of drug-likeness (QED) is 0.567. The fourth-order valence-electron chi connectivity index (χ4n) is 1.66. The third-order valence-corrected chi connectivity index (χ3v) is 2.87. The number of halogens is 3. The lowest BCUT2D eigenvalue weighted by Gasteiger charge is -2.38. The van der Waals surface area contributed by atoms with Crippen molar-refractivity contribution >= 4 is 41.1 Å². The molecule has 0 amide bonds. The monoisotopic (exact) mass is 271 g/mol. The van der Waals surface area contributed by atoms with Crippen LogP contribution >= 0.6 is 34.8 Å². The van der Waals surface area contributed by atoms with E-state index in [1.807, 2.05) is 5.01 Å². The molecule has 0 aliphatic carbocycles. The van der Waals surface area contributed by atoms with Crippen LogP contribution in [0.1, 0.15) is 27.7 Å². The summed E-state index contributed by atoms with van der Waals surface area (Å²) in [5, 5.41) is 6.22. The van der Waals surface area contributed by atoms with Gasteiger partial charge >= 0.3 is 0 Å². The molecule has 1 aliphatic heterocycles. The molecule has 1 aliphatic rings. The molecule has 1 rings (SSSR count). The molecule has 3 nitrogen and oxygen atoms in total. The SMILES string of the molecule is CC(C)C1N(C(C)C)N=CN1C(Cl)(Cl)Cl. The van der Waals surface area contributed by atoms with Gasteiger partial charge in [0, 0.05) is 6.04 Å². The highest BCUT2D eigenvalue weighted by atomic mass is 35.6. The molecule has 0 spiro atoms. The van der Waals surface area contributed by atoms with E-state index in [9.17, 15) is 0 Å². The number of nitrogens with zero attached hydrogens (tertiary/aromatic N) is 3. The topological polar surface area (TPSA) is 18.8 Å². The maximum atomic E-state index is 5.89. The zero-order valence-electron chi connectivity index (χ0n) is 9.28. The summed E-state index contributed by atoms with van der Waals surface area (Å²) in [5.74, 6) is 0.325. The van der Waals surface area contributed by atoms with Gasteiger partial charge in [-0.1, -0.05) is 48.7 Å². The van der Waals surface area contributed by atoms with Gasteiger partial charge in [-0.3, -0.25) is 9.91 Å². The van der Waals surface area contributed by atoms with Gasteiger partial charge in [0.05, 0.1) is 0 Å². The molecule has 1 heterocycles. The lowest BCUT2D eigenvalue weighted by molar-refractivity contribution is 0.0617.